The van der Waals surface area contributed by atoms with Gasteiger partial charge in [-0.1, -0.05) is 5.11 Å². The van der Waals surface area contributed by atoms with Crippen LogP contribution in [0.25, 0.3) is 10.4 Å². The minimum absolute atomic E-state index is 0.0672. The van der Waals surface area contributed by atoms with E-state index < -0.39 is 0 Å². The van der Waals surface area contributed by atoms with Crippen molar-refractivity contribution in [2.45, 2.75) is 32.8 Å². The molecule has 0 spiro atoms. The quantitative estimate of drug-likeness (QED) is 0.482. The van der Waals surface area contributed by atoms with Crippen LogP contribution in [0.15, 0.2) is 29.4 Å². The third kappa shape index (κ3) is 4.13. The number of hydrogen-bond donors (Lipinski definition) is 0. The number of azide groups is 1. The van der Waals surface area contributed by atoms with E-state index in [9.17, 15) is 4.79 Å². The van der Waals surface area contributed by atoms with E-state index >= 15 is 0 Å². The van der Waals surface area contributed by atoms with Gasteiger partial charge in [-0.05, 0) is 56.5 Å². The average Bonchev–Trinajstić information content (AvgIpc) is 2.77. The number of nitrogens with zero attached hydrogens (tertiary/aromatic N) is 4. The summed E-state index contributed by atoms with van der Waals surface area (Å²) in [7, 11) is 0. The van der Waals surface area contributed by atoms with Gasteiger partial charge in [-0.15, -0.1) is 0 Å². The Hall–Kier alpha value is -2.20. The molecule has 112 valence electrons. The molecule has 6 nitrogen and oxygen atoms in total. The van der Waals surface area contributed by atoms with Crippen molar-refractivity contribution in [2.24, 2.45) is 11.0 Å². The lowest BCUT2D eigenvalue weighted by molar-refractivity contribution is -0.117. The van der Waals surface area contributed by atoms with E-state index in [0.29, 0.717) is 19.5 Å². The molecular formula is C15H20N4O2. The van der Waals surface area contributed by atoms with Gasteiger partial charge in [-0.25, -0.2) is 0 Å². The van der Waals surface area contributed by atoms with Crippen LogP contribution >= 0.6 is 0 Å². The summed E-state index contributed by atoms with van der Waals surface area (Å²) in [6, 6.07) is 7.51. The molecule has 1 amide bonds. The maximum absolute atomic E-state index is 12.0. The van der Waals surface area contributed by atoms with Gasteiger partial charge in [-0.3, -0.25) is 4.79 Å². The second-order valence-corrected chi connectivity index (χ2v) is 6.20. The number of benzene rings is 1. The number of carbonyl (C=O) groups is 1. The summed E-state index contributed by atoms with van der Waals surface area (Å²) in [5.41, 5.74) is 8.95. The largest absolute Gasteiger partial charge is 0.488 e. The molecule has 2 rings (SSSR count). The van der Waals surface area contributed by atoms with Crippen molar-refractivity contribution in [3.8, 4) is 5.75 Å². The van der Waals surface area contributed by atoms with E-state index in [0.717, 1.165) is 11.4 Å². The van der Waals surface area contributed by atoms with Crippen molar-refractivity contribution in [1.82, 2.24) is 0 Å². The third-order valence-corrected chi connectivity index (χ3v) is 3.18. The van der Waals surface area contributed by atoms with Crippen molar-refractivity contribution >= 4 is 11.6 Å². The minimum atomic E-state index is -0.245. The fraction of sp³-hybridized carbons (Fsp3) is 0.533. The molecule has 6 heteroatoms. The molecule has 1 heterocycles. The van der Waals surface area contributed by atoms with E-state index in [2.05, 4.69) is 10.0 Å². The summed E-state index contributed by atoms with van der Waals surface area (Å²) in [5.74, 6) is 0.944. The molecule has 0 aliphatic carbocycles. The summed E-state index contributed by atoms with van der Waals surface area (Å²) < 4.78 is 5.76. The number of rotatable bonds is 4. The van der Waals surface area contributed by atoms with Gasteiger partial charge in [0, 0.05) is 30.1 Å². The van der Waals surface area contributed by atoms with Crippen molar-refractivity contribution in [1.29, 1.82) is 0 Å². The lowest BCUT2D eigenvalue weighted by atomic mass is 10.1. The van der Waals surface area contributed by atoms with Gasteiger partial charge in [0.05, 0.1) is 0 Å². The summed E-state index contributed by atoms with van der Waals surface area (Å²) in [5, 5.41) is 3.55. The molecule has 1 saturated heterocycles. The normalized spacial score (nSPS) is 18.5. The second-order valence-electron chi connectivity index (χ2n) is 6.20. The molecule has 0 saturated carbocycles. The molecule has 1 unspecified atom stereocenters. The molecular weight excluding hydrogens is 268 g/mol. The summed E-state index contributed by atoms with van der Waals surface area (Å²) in [6.07, 6.45) is 0.430. The summed E-state index contributed by atoms with van der Waals surface area (Å²) >= 11 is 0. The van der Waals surface area contributed by atoms with E-state index in [1.165, 1.54) is 0 Å². The molecule has 0 aromatic heterocycles. The van der Waals surface area contributed by atoms with Crippen molar-refractivity contribution in [2.75, 3.05) is 18.0 Å². The number of carbonyl (C=O) groups excluding carboxylic acids is 1. The van der Waals surface area contributed by atoms with Gasteiger partial charge in [0.2, 0.25) is 5.91 Å². The van der Waals surface area contributed by atoms with Gasteiger partial charge >= 0.3 is 0 Å². The first kappa shape index (κ1) is 15.2. The zero-order chi connectivity index (χ0) is 15.5. The van der Waals surface area contributed by atoms with Crippen LogP contribution in [-0.2, 0) is 4.79 Å². The van der Waals surface area contributed by atoms with Gasteiger partial charge < -0.3 is 9.64 Å². The second kappa shape index (κ2) is 6.06. The molecule has 1 fully saturated rings. The number of ether oxygens (including phenoxy) is 1. The SMILES string of the molecule is CC(C)(C)Oc1ccc(N2CC(CN=[N+]=[N-])CC2=O)cc1. The zero-order valence-corrected chi connectivity index (χ0v) is 12.6. The fourth-order valence-electron chi connectivity index (χ4n) is 2.35. The van der Waals surface area contributed by atoms with Crippen LogP contribution in [0.5, 0.6) is 5.75 Å². The van der Waals surface area contributed by atoms with Gasteiger partial charge in [0.25, 0.3) is 0 Å². The van der Waals surface area contributed by atoms with E-state index in [4.69, 9.17) is 10.3 Å². The molecule has 1 aliphatic heterocycles. The molecule has 0 radical (unpaired) electrons. The highest BCUT2D eigenvalue weighted by molar-refractivity contribution is 5.95. The Morgan fingerprint density at radius 1 is 1.38 bits per heavy atom. The van der Waals surface area contributed by atoms with Gasteiger partial charge in [0.15, 0.2) is 0 Å². The maximum Gasteiger partial charge on any atom is 0.227 e. The van der Waals surface area contributed by atoms with Crippen LogP contribution in [0.2, 0.25) is 0 Å². The highest BCUT2D eigenvalue weighted by Crippen LogP contribution is 2.28. The molecule has 1 aromatic rings. The lowest BCUT2D eigenvalue weighted by Gasteiger charge is -2.22. The molecule has 1 aliphatic rings. The van der Waals surface area contributed by atoms with Crippen LogP contribution in [0.3, 0.4) is 0 Å². The molecule has 0 bridgehead atoms. The smallest absolute Gasteiger partial charge is 0.227 e. The molecule has 0 N–H and O–H groups in total. The standard InChI is InChI=1S/C15H20N4O2/c1-15(2,3)21-13-6-4-12(5-7-13)19-10-11(8-14(19)20)9-17-18-16/h4-7,11H,8-10H2,1-3H3. The van der Waals surface area contributed by atoms with Crippen LogP contribution < -0.4 is 9.64 Å². The van der Waals surface area contributed by atoms with Gasteiger partial charge in [-0.2, -0.15) is 0 Å². The summed E-state index contributed by atoms with van der Waals surface area (Å²) in [6.45, 7) is 6.93. The Morgan fingerprint density at radius 2 is 2.05 bits per heavy atom. The first-order chi connectivity index (χ1) is 9.89. The van der Waals surface area contributed by atoms with Crippen molar-refractivity contribution in [3.05, 3.63) is 34.7 Å². The Balaban J connectivity index is 2.05. The third-order valence-electron chi connectivity index (χ3n) is 3.18. The minimum Gasteiger partial charge on any atom is -0.488 e. The maximum atomic E-state index is 12.0. The Morgan fingerprint density at radius 3 is 2.62 bits per heavy atom. The highest BCUT2D eigenvalue weighted by atomic mass is 16.5. The van der Waals surface area contributed by atoms with Crippen molar-refractivity contribution in [3.63, 3.8) is 0 Å². The Kier molecular flexibility index (Phi) is 4.38. The first-order valence-corrected chi connectivity index (χ1v) is 6.99. The predicted octanol–water partition coefficient (Wildman–Crippen LogP) is 3.53. The number of anilines is 1. The average molecular weight is 288 g/mol. The Bertz CT molecular complexity index is 556. The fourth-order valence-corrected chi connectivity index (χ4v) is 2.35. The van der Waals surface area contributed by atoms with Gasteiger partial charge in [0.1, 0.15) is 11.4 Å². The zero-order valence-electron chi connectivity index (χ0n) is 12.6. The topological polar surface area (TPSA) is 78.3 Å². The van der Waals surface area contributed by atoms with Crippen LogP contribution in [-0.4, -0.2) is 24.6 Å². The first-order valence-electron chi connectivity index (χ1n) is 6.99. The lowest BCUT2D eigenvalue weighted by Crippen LogP contribution is -2.25. The summed E-state index contributed by atoms with van der Waals surface area (Å²) in [4.78, 5) is 16.5. The van der Waals surface area contributed by atoms with E-state index in [1.54, 1.807) is 4.90 Å². The molecule has 21 heavy (non-hydrogen) atoms. The Labute approximate surface area is 124 Å². The predicted molar refractivity (Wildman–Crippen MR) is 81.3 cm³/mol. The molecule has 1 atom stereocenters. The molecule has 1 aromatic carbocycles. The highest BCUT2D eigenvalue weighted by Gasteiger charge is 2.30. The van der Waals surface area contributed by atoms with Crippen LogP contribution in [0.1, 0.15) is 27.2 Å². The monoisotopic (exact) mass is 288 g/mol. The van der Waals surface area contributed by atoms with Crippen LogP contribution in [0, 0.1) is 5.92 Å². The van der Waals surface area contributed by atoms with E-state index in [-0.39, 0.29) is 17.4 Å². The van der Waals surface area contributed by atoms with Crippen LogP contribution in [0.4, 0.5) is 5.69 Å². The van der Waals surface area contributed by atoms with Crippen molar-refractivity contribution < 1.29 is 9.53 Å². The number of amides is 1. The van der Waals surface area contributed by atoms with E-state index in [1.807, 2.05) is 45.0 Å². The number of hydrogen-bond acceptors (Lipinski definition) is 3.